The molecule has 13 heteroatoms. The third-order valence-corrected chi connectivity index (χ3v) is 5.84. The molecule has 0 aliphatic heterocycles. The number of hydrogen-bond acceptors (Lipinski definition) is 8. The second kappa shape index (κ2) is 14.2. The van der Waals surface area contributed by atoms with Crippen LogP contribution in [0, 0.1) is 5.92 Å². The van der Waals surface area contributed by atoms with Crippen molar-refractivity contribution in [3.8, 4) is 5.75 Å². The van der Waals surface area contributed by atoms with E-state index in [1.807, 2.05) is 13.8 Å². The summed E-state index contributed by atoms with van der Waals surface area (Å²) in [6, 6.07) is 1.67. The van der Waals surface area contributed by atoms with Gasteiger partial charge in [0, 0.05) is 30.5 Å². The molecule has 3 amide bonds. The van der Waals surface area contributed by atoms with Crippen LogP contribution in [0.5, 0.6) is 5.75 Å². The smallest absolute Gasteiger partial charge is 0.327 e. The molecule has 0 aliphatic rings. The number of phenolic OH excluding ortho intramolecular Hbond substituents is 1. The summed E-state index contributed by atoms with van der Waals surface area (Å²) >= 11 is 3.96. The van der Waals surface area contributed by atoms with Crippen LogP contribution < -0.4 is 21.7 Å². The van der Waals surface area contributed by atoms with Gasteiger partial charge in [-0.2, -0.15) is 12.6 Å². The van der Waals surface area contributed by atoms with Crippen LogP contribution in [-0.2, 0) is 32.0 Å². The molecule has 0 saturated carbocycles. The van der Waals surface area contributed by atoms with Crippen molar-refractivity contribution >= 4 is 36.3 Å². The molecule has 2 rings (SSSR count). The Kier molecular flexibility index (Phi) is 11.4. The molecule has 0 bridgehead atoms. The molecule has 37 heavy (non-hydrogen) atoms. The van der Waals surface area contributed by atoms with E-state index in [0.717, 1.165) is 0 Å². The number of phenols is 1. The van der Waals surface area contributed by atoms with Crippen LogP contribution in [0.4, 0.5) is 0 Å². The lowest BCUT2D eigenvalue weighted by atomic mass is 10.00. The van der Waals surface area contributed by atoms with Gasteiger partial charge in [-0.1, -0.05) is 26.0 Å². The Hall–Kier alpha value is -3.58. The van der Waals surface area contributed by atoms with E-state index in [2.05, 4.69) is 38.5 Å². The number of amides is 3. The Bertz CT molecular complexity index is 1050. The number of aliphatic carboxylic acids is 1. The molecule has 12 nitrogen and oxygen atoms in total. The molecule has 2 aromatic rings. The normalized spacial score (nSPS) is 14.3. The van der Waals surface area contributed by atoms with Crippen molar-refractivity contribution < 1.29 is 29.4 Å². The standard InChI is InChI=1S/C24H34N6O6S/c1-13(2)7-18(28-21(32)17(25)9-15-10-26-12-27-15)22(33)29-19(8-14-3-5-16(31)6-4-14)23(34)30-20(11-37)24(35)36/h3-6,10,12-13,17-20,31,37H,7-9,11,25H2,1-2H3,(H,26,27)(H,28,32)(H,29,33)(H,30,34)(H,35,36). The van der Waals surface area contributed by atoms with Crippen LogP contribution in [0.1, 0.15) is 31.5 Å². The van der Waals surface area contributed by atoms with Gasteiger partial charge in [0.2, 0.25) is 17.7 Å². The average molecular weight is 535 g/mol. The van der Waals surface area contributed by atoms with Gasteiger partial charge in [0.1, 0.15) is 23.9 Å². The van der Waals surface area contributed by atoms with Crippen molar-refractivity contribution in [3.05, 3.63) is 48.0 Å². The number of nitrogens with zero attached hydrogens (tertiary/aromatic N) is 1. The minimum absolute atomic E-state index is 0.0123. The van der Waals surface area contributed by atoms with Gasteiger partial charge in [0.15, 0.2) is 0 Å². The monoisotopic (exact) mass is 534 g/mol. The van der Waals surface area contributed by atoms with E-state index in [1.165, 1.54) is 18.5 Å². The first-order chi connectivity index (χ1) is 17.5. The number of aromatic hydroxyl groups is 1. The third-order valence-electron chi connectivity index (χ3n) is 5.48. The highest BCUT2D eigenvalue weighted by atomic mass is 32.1. The summed E-state index contributed by atoms with van der Waals surface area (Å²) in [5.41, 5.74) is 7.29. The Morgan fingerprint density at radius 2 is 1.57 bits per heavy atom. The highest BCUT2D eigenvalue weighted by molar-refractivity contribution is 7.80. The zero-order valence-electron chi connectivity index (χ0n) is 20.7. The Morgan fingerprint density at radius 1 is 0.973 bits per heavy atom. The first-order valence-corrected chi connectivity index (χ1v) is 12.4. The predicted molar refractivity (Wildman–Crippen MR) is 139 cm³/mol. The van der Waals surface area contributed by atoms with Gasteiger partial charge in [0.05, 0.1) is 12.4 Å². The number of carbonyl (C=O) groups excluding carboxylic acids is 3. The number of aromatic amines is 1. The van der Waals surface area contributed by atoms with Crippen LogP contribution in [0.15, 0.2) is 36.8 Å². The van der Waals surface area contributed by atoms with Crippen molar-refractivity contribution in [1.29, 1.82) is 0 Å². The molecule has 1 aromatic heterocycles. The van der Waals surface area contributed by atoms with Gasteiger partial charge in [-0.25, -0.2) is 9.78 Å². The largest absolute Gasteiger partial charge is 0.508 e. The molecule has 0 radical (unpaired) electrons. The fraction of sp³-hybridized carbons (Fsp3) is 0.458. The molecule has 0 spiro atoms. The molecular weight excluding hydrogens is 500 g/mol. The zero-order chi connectivity index (χ0) is 27.5. The number of carbonyl (C=O) groups is 4. The van der Waals surface area contributed by atoms with Crippen LogP contribution >= 0.6 is 12.6 Å². The number of H-pyrrole nitrogens is 1. The fourth-order valence-corrected chi connectivity index (χ4v) is 3.76. The van der Waals surface area contributed by atoms with Crippen LogP contribution in [0.3, 0.4) is 0 Å². The lowest BCUT2D eigenvalue weighted by Crippen LogP contribution is -2.58. The molecule has 0 aliphatic carbocycles. The third kappa shape index (κ3) is 9.77. The second-order valence-corrected chi connectivity index (χ2v) is 9.46. The second-order valence-electron chi connectivity index (χ2n) is 9.09. The topological polar surface area (TPSA) is 200 Å². The van der Waals surface area contributed by atoms with Gasteiger partial charge in [-0.3, -0.25) is 14.4 Å². The minimum atomic E-state index is -1.27. The van der Waals surface area contributed by atoms with E-state index < -0.39 is 47.9 Å². The summed E-state index contributed by atoms with van der Waals surface area (Å²) < 4.78 is 0. The van der Waals surface area contributed by atoms with Crippen molar-refractivity contribution in [2.24, 2.45) is 11.7 Å². The molecule has 1 heterocycles. The van der Waals surface area contributed by atoms with Gasteiger partial charge >= 0.3 is 5.97 Å². The summed E-state index contributed by atoms with van der Waals surface area (Å²) in [7, 11) is 0. The Balaban J connectivity index is 2.19. The van der Waals surface area contributed by atoms with Crippen molar-refractivity contribution in [1.82, 2.24) is 25.9 Å². The van der Waals surface area contributed by atoms with Crippen LogP contribution in [-0.4, -0.2) is 73.8 Å². The molecule has 8 N–H and O–H groups in total. The Morgan fingerprint density at radius 3 is 2.11 bits per heavy atom. The number of benzene rings is 1. The first kappa shape index (κ1) is 29.6. The number of carboxylic acid groups (broad SMARTS) is 1. The number of nitrogens with two attached hydrogens (primary N) is 1. The van der Waals surface area contributed by atoms with Gasteiger partial charge in [-0.15, -0.1) is 0 Å². The van der Waals surface area contributed by atoms with E-state index in [0.29, 0.717) is 11.3 Å². The highest BCUT2D eigenvalue weighted by Gasteiger charge is 2.30. The predicted octanol–water partition coefficient (Wildman–Crippen LogP) is -0.257. The van der Waals surface area contributed by atoms with E-state index in [1.54, 1.807) is 18.3 Å². The number of imidazole rings is 1. The number of aromatic nitrogens is 2. The zero-order valence-corrected chi connectivity index (χ0v) is 21.6. The molecule has 202 valence electrons. The summed E-state index contributed by atoms with van der Waals surface area (Å²) in [6.07, 6.45) is 3.49. The van der Waals surface area contributed by atoms with Crippen molar-refractivity contribution in [3.63, 3.8) is 0 Å². The molecule has 4 unspecified atom stereocenters. The van der Waals surface area contributed by atoms with Crippen LogP contribution in [0.25, 0.3) is 0 Å². The fourth-order valence-electron chi connectivity index (χ4n) is 3.51. The van der Waals surface area contributed by atoms with Crippen molar-refractivity contribution in [2.45, 2.75) is 57.3 Å². The summed E-state index contributed by atoms with van der Waals surface area (Å²) in [4.78, 5) is 57.1. The number of rotatable bonds is 14. The lowest BCUT2D eigenvalue weighted by molar-refractivity contribution is -0.141. The maximum atomic E-state index is 13.3. The van der Waals surface area contributed by atoms with Gasteiger partial charge < -0.3 is 36.9 Å². The maximum absolute atomic E-state index is 13.3. The van der Waals surface area contributed by atoms with E-state index >= 15 is 0 Å². The summed E-state index contributed by atoms with van der Waals surface area (Å²) in [6.45, 7) is 3.75. The quantitative estimate of drug-likeness (QED) is 0.152. The number of thiol groups is 1. The van der Waals surface area contributed by atoms with Crippen LogP contribution in [0.2, 0.25) is 0 Å². The van der Waals surface area contributed by atoms with E-state index in [4.69, 9.17) is 5.73 Å². The number of carboxylic acids is 1. The lowest BCUT2D eigenvalue weighted by Gasteiger charge is -2.26. The minimum Gasteiger partial charge on any atom is -0.508 e. The first-order valence-electron chi connectivity index (χ1n) is 11.8. The SMILES string of the molecule is CC(C)CC(NC(=O)C(N)Cc1cnc[nH]1)C(=O)NC(Cc1ccc(O)cc1)C(=O)NC(CS)C(=O)O. The Labute approximate surface area is 220 Å². The van der Waals surface area contributed by atoms with Gasteiger partial charge in [-0.05, 0) is 30.0 Å². The molecule has 1 aromatic carbocycles. The molecular formula is C24H34N6O6S. The molecule has 0 fully saturated rings. The van der Waals surface area contributed by atoms with Gasteiger partial charge in [0.25, 0.3) is 0 Å². The van der Waals surface area contributed by atoms with E-state index in [-0.39, 0.29) is 36.7 Å². The number of hydrogen-bond donors (Lipinski definition) is 8. The maximum Gasteiger partial charge on any atom is 0.327 e. The highest BCUT2D eigenvalue weighted by Crippen LogP contribution is 2.13. The molecule has 0 saturated heterocycles. The van der Waals surface area contributed by atoms with Crippen molar-refractivity contribution in [2.75, 3.05) is 5.75 Å². The van der Waals surface area contributed by atoms with E-state index in [9.17, 15) is 29.4 Å². The molecule has 4 atom stereocenters. The average Bonchev–Trinajstić information content (AvgIpc) is 3.35. The summed E-state index contributed by atoms with van der Waals surface area (Å²) in [5.74, 6) is -3.27. The summed E-state index contributed by atoms with van der Waals surface area (Å²) in [5, 5.41) is 26.5. The number of nitrogens with one attached hydrogen (secondary N) is 4.